The molecule has 1 aliphatic rings. The van der Waals surface area contributed by atoms with Gasteiger partial charge in [0.25, 0.3) is 0 Å². The lowest BCUT2D eigenvalue weighted by atomic mass is 9.92. The van der Waals surface area contributed by atoms with Crippen molar-refractivity contribution in [2.24, 2.45) is 5.41 Å². The van der Waals surface area contributed by atoms with Crippen LogP contribution in [0.4, 0.5) is 4.39 Å². The van der Waals surface area contributed by atoms with E-state index in [2.05, 4.69) is 20.3 Å². The summed E-state index contributed by atoms with van der Waals surface area (Å²) in [7, 11) is 0. The van der Waals surface area contributed by atoms with Crippen LogP contribution in [0.1, 0.15) is 26.0 Å². The summed E-state index contributed by atoms with van der Waals surface area (Å²) >= 11 is 0. The van der Waals surface area contributed by atoms with Crippen LogP contribution in [0.2, 0.25) is 0 Å². The topological polar surface area (TPSA) is 111 Å². The molecule has 10 heteroatoms. The van der Waals surface area contributed by atoms with Crippen molar-refractivity contribution in [3.8, 4) is 34.4 Å². The SMILES string of the molecule is CC(=O)NCC1(C)COC(c2nc(-c3ccc(F)cc3)c(-c3ccnc(Oc4ccccc4)n3)[nH]2)OC1. The van der Waals surface area contributed by atoms with E-state index in [4.69, 9.17) is 19.2 Å². The molecule has 0 spiro atoms. The summed E-state index contributed by atoms with van der Waals surface area (Å²) in [5, 5.41) is 2.81. The van der Waals surface area contributed by atoms with Crippen molar-refractivity contribution < 1.29 is 23.4 Å². The highest BCUT2D eigenvalue weighted by molar-refractivity contribution is 5.76. The normalized spacial score (nSPS) is 19.4. The number of hydrogen-bond acceptors (Lipinski definition) is 7. The molecule has 3 heterocycles. The number of nitrogens with zero attached hydrogens (tertiary/aromatic N) is 3. The highest BCUT2D eigenvalue weighted by Gasteiger charge is 2.35. The molecular formula is C27H26FN5O4. The quantitative estimate of drug-likeness (QED) is 0.378. The van der Waals surface area contributed by atoms with Gasteiger partial charge in [0.1, 0.15) is 11.6 Å². The summed E-state index contributed by atoms with van der Waals surface area (Å²) < 4.78 is 31.4. The molecule has 2 aromatic carbocycles. The van der Waals surface area contributed by atoms with Crippen LogP contribution in [0.25, 0.3) is 22.6 Å². The Kier molecular flexibility index (Phi) is 6.93. The predicted molar refractivity (Wildman–Crippen MR) is 133 cm³/mol. The largest absolute Gasteiger partial charge is 0.424 e. The first-order valence-electron chi connectivity index (χ1n) is 11.8. The Morgan fingerprint density at radius 1 is 1.11 bits per heavy atom. The average molecular weight is 504 g/mol. The van der Waals surface area contributed by atoms with Gasteiger partial charge in [-0.15, -0.1) is 0 Å². The van der Waals surface area contributed by atoms with Crippen LogP contribution in [0.3, 0.4) is 0 Å². The van der Waals surface area contributed by atoms with Gasteiger partial charge in [-0.2, -0.15) is 4.98 Å². The number of H-pyrrole nitrogens is 1. The van der Waals surface area contributed by atoms with Crippen LogP contribution in [0, 0.1) is 11.2 Å². The second-order valence-electron chi connectivity index (χ2n) is 9.17. The molecule has 1 fully saturated rings. The Morgan fingerprint density at radius 3 is 2.54 bits per heavy atom. The van der Waals surface area contributed by atoms with Crippen LogP contribution < -0.4 is 10.1 Å². The third-order valence-corrected chi connectivity index (χ3v) is 5.84. The number of carbonyl (C=O) groups is 1. The minimum Gasteiger partial charge on any atom is -0.424 e. The van der Waals surface area contributed by atoms with Crippen LogP contribution >= 0.6 is 0 Å². The molecule has 4 aromatic rings. The van der Waals surface area contributed by atoms with Gasteiger partial charge >= 0.3 is 6.01 Å². The number of amides is 1. The fraction of sp³-hybridized carbons (Fsp3) is 0.259. The van der Waals surface area contributed by atoms with Crippen LogP contribution in [0.5, 0.6) is 11.8 Å². The zero-order valence-corrected chi connectivity index (χ0v) is 20.4. The van der Waals surface area contributed by atoms with Crippen molar-refractivity contribution in [2.45, 2.75) is 20.1 Å². The maximum Gasteiger partial charge on any atom is 0.322 e. The molecule has 0 atom stereocenters. The molecule has 1 aliphatic heterocycles. The molecule has 0 radical (unpaired) electrons. The molecule has 1 amide bonds. The lowest BCUT2D eigenvalue weighted by Crippen LogP contribution is -2.45. The van der Waals surface area contributed by atoms with E-state index < -0.39 is 6.29 Å². The number of halogens is 1. The highest BCUT2D eigenvalue weighted by atomic mass is 19.1. The molecular weight excluding hydrogens is 477 g/mol. The summed E-state index contributed by atoms with van der Waals surface area (Å²) in [5.41, 5.74) is 1.99. The van der Waals surface area contributed by atoms with Gasteiger partial charge in [0.15, 0.2) is 5.82 Å². The number of aromatic amines is 1. The van der Waals surface area contributed by atoms with Crippen molar-refractivity contribution >= 4 is 5.91 Å². The summed E-state index contributed by atoms with van der Waals surface area (Å²) in [6, 6.07) is 17.2. The zero-order valence-electron chi connectivity index (χ0n) is 20.4. The Morgan fingerprint density at radius 2 is 1.84 bits per heavy atom. The van der Waals surface area contributed by atoms with E-state index in [1.165, 1.54) is 19.1 Å². The molecule has 190 valence electrons. The van der Waals surface area contributed by atoms with Crippen molar-refractivity contribution in [1.82, 2.24) is 25.3 Å². The van der Waals surface area contributed by atoms with E-state index in [1.54, 1.807) is 24.4 Å². The Hall–Kier alpha value is -4.15. The van der Waals surface area contributed by atoms with Gasteiger partial charge in [-0.1, -0.05) is 25.1 Å². The second kappa shape index (κ2) is 10.5. The van der Waals surface area contributed by atoms with Gasteiger partial charge in [-0.3, -0.25) is 4.79 Å². The lowest BCUT2D eigenvalue weighted by molar-refractivity contribution is -0.232. The Labute approximate surface area is 213 Å². The summed E-state index contributed by atoms with van der Waals surface area (Å²) in [4.78, 5) is 28.1. The lowest BCUT2D eigenvalue weighted by Gasteiger charge is -2.36. The average Bonchev–Trinajstić information content (AvgIpc) is 3.35. The van der Waals surface area contributed by atoms with Gasteiger partial charge in [0.2, 0.25) is 12.2 Å². The number of imidazole rings is 1. The van der Waals surface area contributed by atoms with Crippen LogP contribution in [-0.4, -0.2) is 45.6 Å². The number of ether oxygens (including phenoxy) is 3. The first kappa shape index (κ1) is 24.5. The summed E-state index contributed by atoms with van der Waals surface area (Å²) in [6.45, 7) is 4.61. The first-order valence-corrected chi connectivity index (χ1v) is 11.8. The number of aromatic nitrogens is 4. The van der Waals surface area contributed by atoms with Gasteiger partial charge < -0.3 is 24.5 Å². The Balaban J connectivity index is 1.44. The molecule has 0 unspecified atom stereocenters. The van der Waals surface area contributed by atoms with Crippen LogP contribution in [-0.2, 0) is 14.3 Å². The predicted octanol–water partition coefficient (Wildman–Crippen LogP) is 4.65. The maximum atomic E-state index is 13.6. The van der Waals surface area contributed by atoms with Gasteiger partial charge in [0, 0.05) is 30.6 Å². The second-order valence-corrected chi connectivity index (χ2v) is 9.17. The van der Waals surface area contributed by atoms with Crippen molar-refractivity contribution in [3.05, 3.63) is 78.5 Å². The molecule has 0 aliphatic carbocycles. The fourth-order valence-corrected chi connectivity index (χ4v) is 3.87. The van der Waals surface area contributed by atoms with E-state index in [0.717, 1.165) is 0 Å². The molecule has 2 aromatic heterocycles. The third-order valence-electron chi connectivity index (χ3n) is 5.84. The molecule has 0 bridgehead atoms. The van der Waals surface area contributed by atoms with E-state index in [0.29, 0.717) is 54.0 Å². The number of benzene rings is 2. The summed E-state index contributed by atoms with van der Waals surface area (Å²) in [6.07, 6.45) is 0.844. The number of nitrogens with one attached hydrogen (secondary N) is 2. The van der Waals surface area contributed by atoms with E-state index in [1.807, 2.05) is 37.3 Å². The standard InChI is InChI=1S/C27H26FN5O4/c1-17(34)30-14-27(2)15-35-25(36-16-27)24-32-22(18-8-10-19(28)11-9-18)23(33-24)21-12-13-29-26(31-21)37-20-6-4-3-5-7-20/h3-13,25H,14-16H2,1-2H3,(H,30,34)(H,32,33). The molecule has 0 saturated carbocycles. The molecule has 2 N–H and O–H groups in total. The molecule has 9 nitrogen and oxygen atoms in total. The maximum absolute atomic E-state index is 13.6. The van der Waals surface area contributed by atoms with Crippen molar-refractivity contribution in [1.29, 1.82) is 0 Å². The van der Waals surface area contributed by atoms with E-state index in [-0.39, 0.29) is 23.1 Å². The Bertz CT molecular complexity index is 1370. The minimum absolute atomic E-state index is 0.108. The number of rotatable bonds is 7. The van der Waals surface area contributed by atoms with Gasteiger partial charge in [0.05, 0.1) is 30.3 Å². The zero-order chi connectivity index (χ0) is 25.8. The number of para-hydroxylation sites is 1. The third kappa shape index (κ3) is 5.82. The first-order chi connectivity index (χ1) is 17.9. The monoisotopic (exact) mass is 503 g/mol. The minimum atomic E-state index is -0.750. The van der Waals surface area contributed by atoms with Gasteiger partial charge in [-0.05, 0) is 42.5 Å². The van der Waals surface area contributed by atoms with Crippen LogP contribution in [0.15, 0.2) is 66.9 Å². The van der Waals surface area contributed by atoms with E-state index in [9.17, 15) is 9.18 Å². The molecule has 1 saturated heterocycles. The molecule has 5 rings (SSSR count). The number of hydrogen-bond donors (Lipinski definition) is 2. The highest BCUT2D eigenvalue weighted by Crippen LogP contribution is 2.35. The van der Waals surface area contributed by atoms with Crippen molar-refractivity contribution in [2.75, 3.05) is 19.8 Å². The fourth-order valence-electron chi connectivity index (χ4n) is 3.87. The smallest absolute Gasteiger partial charge is 0.322 e. The van der Waals surface area contributed by atoms with Gasteiger partial charge in [-0.25, -0.2) is 14.4 Å². The van der Waals surface area contributed by atoms with E-state index >= 15 is 0 Å². The van der Waals surface area contributed by atoms with Crippen molar-refractivity contribution in [3.63, 3.8) is 0 Å². The number of carbonyl (C=O) groups excluding carboxylic acids is 1. The summed E-state index contributed by atoms with van der Waals surface area (Å²) in [5.74, 6) is 0.595. The molecule has 37 heavy (non-hydrogen) atoms.